The maximum Gasteiger partial charge on any atom is 0.143 e. The summed E-state index contributed by atoms with van der Waals surface area (Å²) >= 11 is 0. The van der Waals surface area contributed by atoms with Gasteiger partial charge in [0.1, 0.15) is 17.3 Å². The third kappa shape index (κ3) is 4.59. The number of fused-ring (bicyclic) bond motifs is 2. The Balaban J connectivity index is 1.54. The molecule has 1 aliphatic heterocycles. The zero-order valence-electron chi connectivity index (χ0n) is 23.5. The van der Waals surface area contributed by atoms with E-state index in [2.05, 4.69) is 45.9 Å². The van der Waals surface area contributed by atoms with Gasteiger partial charge in [0.15, 0.2) is 0 Å². The topological polar surface area (TPSA) is 77.3 Å². The van der Waals surface area contributed by atoms with Crippen LogP contribution in [0, 0.1) is 18.6 Å². The summed E-state index contributed by atoms with van der Waals surface area (Å²) in [6.07, 6.45) is 13.0. The Bertz CT molecular complexity index is 1900. The van der Waals surface area contributed by atoms with Crippen molar-refractivity contribution in [2.45, 2.75) is 38.8 Å². The molecule has 2 N–H and O–H groups in total. The molecule has 1 atom stereocenters. The minimum absolute atomic E-state index is 0.119. The van der Waals surface area contributed by atoms with Gasteiger partial charge >= 0.3 is 0 Å². The first-order valence-corrected chi connectivity index (χ1v) is 14.2. The summed E-state index contributed by atoms with van der Waals surface area (Å²) in [5, 5.41) is 0.922. The van der Waals surface area contributed by atoms with Crippen LogP contribution < -0.4 is 10.6 Å². The molecule has 1 fully saturated rings. The Morgan fingerprint density at radius 1 is 0.881 bits per heavy atom. The van der Waals surface area contributed by atoms with E-state index in [4.69, 9.17) is 15.7 Å². The molecule has 1 saturated heterocycles. The van der Waals surface area contributed by atoms with Gasteiger partial charge in [-0.1, -0.05) is 12.1 Å². The minimum atomic E-state index is -0.626. The summed E-state index contributed by atoms with van der Waals surface area (Å²) in [6.45, 7) is 5.58. The van der Waals surface area contributed by atoms with Crippen molar-refractivity contribution in [3.8, 4) is 22.3 Å². The van der Waals surface area contributed by atoms with Gasteiger partial charge in [-0.25, -0.2) is 18.7 Å². The molecule has 7 rings (SSSR count). The van der Waals surface area contributed by atoms with Gasteiger partial charge in [0, 0.05) is 66.7 Å². The molecule has 42 heavy (non-hydrogen) atoms. The van der Waals surface area contributed by atoms with E-state index in [1.165, 1.54) is 12.1 Å². The van der Waals surface area contributed by atoms with Crippen LogP contribution in [0.5, 0.6) is 0 Å². The van der Waals surface area contributed by atoms with Gasteiger partial charge in [-0.15, -0.1) is 0 Å². The van der Waals surface area contributed by atoms with Crippen LogP contribution in [-0.2, 0) is 0 Å². The predicted octanol–water partition coefficient (Wildman–Crippen LogP) is 6.54. The Kier molecular flexibility index (Phi) is 6.46. The summed E-state index contributed by atoms with van der Waals surface area (Å²) in [5.74, 6) is -1.25. The highest BCUT2D eigenvalue weighted by Gasteiger charge is 2.28. The first-order chi connectivity index (χ1) is 20.4. The number of aromatic nitrogens is 5. The number of piperidine rings is 1. The normalized spacial score (nSPS) is 15.1. The standard InChI is InChI=1S/C33H31F2N7/c1-20-3-6-30(38-14-20)21(2)42-18-29(22-4-5-27-15-37-19-41(27)17-22)31-32(40-9-7-26(36)8-10-40)28(16-39-33(31)42)23-11-24(34)13-25(35)12-23/h3-6,11-19,21,26H,7-10,36H2,1-2H3/t21-/m0/s1. The van der Waals surface area contributed by atoms with Crippen molar-refractivity contribution >= 4 is 22.2 Å². The third-order valence-electron chi connectivity index (χ3n) is 8.34. The van der Waals surface area contributed by atoms with Crippen LogP contribution in [0.1, 0.15) is 37.1 Å². The number of hydrogen-bond acceptors (Lipinski definition) is 5. The molecule has 0 amide bonds. The quantitative estimate of drug-likeness (QED) is 0.258. The second-order valence-corrected chi connectivity index (χ2v) is 11.2. The summed E-state index contributed by atoms with van der Waals surface area (Å²) in [4.78, 5) is 16.3. The van der Waals surface area contributed by atoms with Gasteiger partial charge in [0.25, 0.3) is 0 Å². The number of nitrogens with two attached hydrogens (primary N) is 1. The van der Waals surface area contributed by atoms with Crippen LogP contribution in [0.3, 0.4) is 0 Å². The van der Waals surface area contributed by atoms with E-state index >= 15 is 0 Å². The lowest BCUT2D eigenvalue weighted by molar-refractivity contribution is 0.502. The first-order valence-electron chi connectivity index (χ1n) is 14.2. The second-order valence-electron chi connectivity index (χ2n) is 11.2. The maximum atomic E-state index is 14.5. The van der Waals surface area contributed by atoms with Gasteiger partial charge in [-0.05, 0) is 62.1 Å². The second kappa shape index (κ2) is 10.3. The van der Waals surface area contributed by atoms with Crippen LogP contribution in [0.2, 0.25) is 0 Å². The molecule has 0 aliphatic carbocycles. The van der Waals surface area contributed by atoms with Gasteiger partial charge in [-0.2, -0.15) is 0 Å². The molecule has 212 valence electrons. The fourth-order valence-electron chi connectivity index (χ4n) is 6.03. The van der Waals surface area contributed by atoms with E-state index in [0.29, 0.717) is 11.1 Å². The van der Waals surface area contributed by atoms with Crippen LogP contribution in [0.15, 0.2) is 79.8 Å². The van der Waals surface area contributed by atoms with Crippen LogP contribution >= 0.6 is 0 Å². The molecule has 0 unspecified atom stereocenters. The Morgan fingerprint density at radius 3 is 2.40 bits per heavy atom. The lowest BCUT2D eigenvalue weighted by atomic mass is 9.97. The molecule has 1 aliphatic rings. The van der Waals surface area contributed by atoms with Crippen LogP contribution in [0.4, 0.5) is 14.5 Å². The van der Waals surface area contributed by atoms with Crippen molar-refractivity contribution in [3.05, 3.63) is 103 Å². The van der Waals surface area contributed by atoms with Crippen molar-refractivity contribution in [2.24, 2.45) is 5.73 Å². The number of imidazole rings is 1. The van der Waals surface area contributed by atoms with E-state index in [-0.39, 0.29) is 12.1 Å². The molecule has 0 saturated carbocycles. The van der Waals surface area contributed by atoms with Gasteiger partial charge in [0.05, 0.1) is 40.9 Å². The molecule has 0 bridgehead atoms. The largest absolute Gasteiger partial charge is 0.370 e. The van der Waals surface area contributed by atoms with Gasteiger partial charge < -0.3 is 19.6 Å². The van der Waals surface area contributed by atoms with Gasteiger partial charge in [0.2, 0.25) is 0 Å². The average molecular weight is 564 g/mol. The molecule has 1 aromatic carbocycles. The number of hydrogen-bond donors (Lipinski definition) is 1. The SMILES string of the molecule is Cc1ccc([C@H](C)n2cc(-c3ccc4cncn4c3)c3c(N4CCC(N)CC4)c(-c4cc(F)cc(F)c4)cnc32)nc1. The lowest BCUT2D eigenvalue weighted by Crippen LogP contribution is -2.40. The predicted molar refractivity (Wildman–Crippen MR) is 161 cm³/mol. The number of rotatable bonds is 5. The third-order valence-corrected chi connectivity index (χ3v) is 8.34. The molecule has 7 nitrogen and oxygen atoms in total. The van der Waals surface area contributed by atoms with E-state index in [0.717, 1.165) is 76.6 Å². The number of halogens is 2. The van der Waals surface area contributed by atoms with Gasteiger partial charge in [-0.3, -0.25) is 4.98 Å². The van der Waals surface area contributed by atoms with E-state index in [9.17, 15) is 8.78 Å². The van der Waals surface area contributed by atoms with Crippen LogP contribution in [-0.4, -0.2) is 43.1 Å². The van der Waals surface area contributed by atoms with Crippen molar-refractivity contribution in [1.82, 2.24) is 23.9 Å². The molecular formula is C33H31F2N7. The molecule has 5 aromatic heterocycles. The Morgan fingerprint density at radius 2 is 1.67 bits per heavy atom. The fourth-order valence-corrected chi connectivity index (χ4v) is 6.03. The number of aryl methyl sites for hydroxylation is 1. The molecule has 0 radical (unpaired) electrons. The van der Waals surface area contributed by atoms with Crippen LogP contribution in [0.25, 0.3) is 38.8 Å². The van der Waals surface area contributed by atoms with E-state index < -0.39 is 11.6 Å². The number of pyridine rings is 3. The first kappa shape index (κ1) is 26.3. The molecule has 6 heterocycles. The minimum Gasteiger partial charge on any atom is -0.370 e. The number of benzene rings is 1. The van der Waals surface area contributed by atoms with Crippen molar-refractivity contribution in [1.29, 1.82) is 0 Å². The van der Waals surface area contributed by atoms with Crippen molar-refractivity contribution in [3.63, 3.8) is 0 Å². The number of nitrogens with zero attached hydrogens (tertiary/aromatic N) is 6. The molecular weight excluding hydrogens is 532 g/mol. The maximum absolute atomic E-state index is 14.5. The summed E-state index contributed by atoms with van der Waals surface area (Å²) in [7, 11) is 0. The fraction of sp³-hybridized carbons (Fsp3) is 0.242. The number of anilines is 1. The summed E-state index contributed by atoms with van der Waals surface area (Å²) in [6, 6.07) is 11.9. The highest BCUT2D eigenvalue weighted by Crippen LogP contribution is 2.44. The van der Waals surface area contributed by atoms with Crippen molar-refractivity contribution in [2.75, 3.05) is 18.0 Å². The molecule has 0 spiro atoms. The average Bonchev–Trinajstić information content (AvgIpc) is 3.61. The molecule has 9 heteroatoms. The highest BCUT2D eigenvalue weighted by atomic mass is 19.1. The smallest absolute Gasteiger partial charge is 0.143 e. The summed E-state index contributed by atoms with van der Waals surface area (Å²) in [5.41, 5.74) is 14.0. The Labute approximate surface area is 242 Å². The molecule has 6 aromatic rings. The van der Waals surface area contributed by atoms with E-state index in [1.807, 2.05) is 35.9 Å². The zero-order valence-corrected chi connectivity index (χ0v) is 23.5. The van der Waals surface area contributed by atoms with E-state index in [1.54, 1.807) is 12.5 Å². The lowest BCUT2D eigenvalue weighted by Gasteiger charge is -2.34. The highest BCUT2D eigenvalue weighted by molar-refractivity contribution is 6.08. The summed E-state index contributed by atoms with van der Waals surface area (Å²) < 4.78 is 33.2. The zero-order chi connectivity index (χ0) is 29.0. The van der Waals surface area contributed by atoms with Crippen molar-refractivity contribution < 1.29 is 8.78 Å². The monoisotopic (exact) mass is 563 g/mol. The Hall–Kier alpha value is -4.63.